The third-order valence-corrected chi connectivity index (χ3v) is 4.01. The molecule has 1 aliphatic rings. The Bertz CT molecular complexity index is 216. The summed E-state index contributed by atoms with van der Waals surface area (Å²) in [5.74, 6) is 0. The normalized spacial score (nSPS) is 30.2. The maximum Gasteiger partial charge on any atom is 0.173 e. The lowest BCUT2D eigenvalue weighted by atomic mass is 9.88. The summed E-state index contributed by atoms with van der Waals surface area (Å²) < 4.78 is 12.1. The van der Waals surface area contributed by atoms with E-state index in [9.17, 15) is 0 Å². The molecule has 0 aromatic heterocycles. The molecule has 3 heteroatoms. The minimum Gasteiger partial charge on any atom is -0.348 e. The molecule has 0 aromatic rings. The Labute approximate surface area is 106 Å². The first-order valence-corrected chi connectivity index (χ1v) is 7.19. The van der Waals surface area contributed by atoms with Crippen molar-refractivity contribution in [2.75, 3.05) is 0 Å². The zero-order valence-electron chi connectivity index (χ0n) is 11.9. The fraction of sp³-hybridized carbons (Fsp3) is 1.00. The molecule has 0 radical (unpaired) electrons. The third-order valence-electron chi connectivity index (χ3n) is 4.01. The highest BCUT2D eigenvalue weighted by atomic mass is 16.7. The van der Waals surface area contributed by atoms with Gasteiger partial charge in [-0.05, 0) is 25.7 Å². The molecule has 3 nitrogen and oxygen atoms in total. The minimum atomic E-state index is -0.214. The summed E-state index contributed by atoms with van der Waals surface area (Å²) in [7, 11) is 0. The second kappa shape index (κ2) is 6.72. The van der Waals surface area contributed by atoms with Crippen molar-refractivity contribution in [1.29, 1.82) is 0 Å². The van der Waals surface area contributed by atoms with Crippen LogP contribution in [0.1, 0.15) is 66.2 Å². The number of hydrogen-bond donors (Lipinski definition) is 1. The van der Waals surface area contributed by atoms with Gasteiger partial charge in [0.1, 0.15) is 0 Å². The highest BCUT2D eigenvalue weighted by Crippen LogP contribution is 2.36. The molecule has 3 atom stereocenters. The zero-order chi connectivity index (χ0) is 12.9. The van der Waals surface area contributed by atoms with Gasteiger partial charge in [0, 0.05) is 6.42 Å². The predicted molar refractivity (Wildman–Crippen MR) is 70.9 cm³/mol. The van der Waals surface area contributed by atoms with Gasteiger partial charge in [-0.2, -0.15) is 0 Å². The average molecular weight is 243 g/mol. The van der Waals surface area contributed by atoms with Gasteiger partial charge in [-0.3, -0.25) is 0 Å². The van der Waals surface area contributed by atoms with Crippen LogP contribution in [-0.4, -0.2) is 24.0 Å². The van der Waals surface area contributed by atoms with Gasteiger partial charge in [-0.1, -0.05) is 34.1 Å². The van der Waals surface area contributed by atoms with Crippen LogP contribution in [0.5, 0.6) is 0 Å². The fourth-order valence-electron chi connectivity index (χ4n) is 2.58. The van der Waals surface area contributed by atoms with Crippen molar-refractivity contribution in [2.45, 2.75) is 90.3 Å². The largest absolute Gasteiger partial charge is 0.348 e. The highest BCUT2D eigenvalue weighted by molar-refractivity contribution is 4.87. The SMILES string of the molecule is CCCC(N)C1OC(CC)CC(CC)(CC)O1. The van der Waals surface area contributed by atoms with Crippen LogP contribution in [0.4, 0.5) is 0 Å². The van der Waals surface area contributed by atoms with Gasteiger partial charge in [0.05, 0.1) is 17.7 Å². The number of ether oxygens (including phenoxy) is 2. The lowest BCUT2D eigenvalue weighted by Gasteiger charge is -2.45. The minimum absolute atomic E-state index is 0.00632. The predicted octanol–water partition coefficient (Wildman–Crippen LogP) is 3.21. The Morgan fingerprint density at radius 2 is 1.88 bits per heavy atom. The molecule has 1 saturated heterocycles. The van der Waals surface area contributed by atoms with Crippen LogP contribution < -0.4 is 5.73 Å². The van der Waals surface area contributed by atoms with Gasteiger partial charge in [0.25, 0.3) is 0 Å². The maximum atomic E-state index is 6.17. The van der Waals surface area contributed by atoms with Crippen LogP contribution in [-0.2, 0) is 9.47 Å². The number of nitrogens with two attached hydrogens (primary N) is 1. The van der Waals surface area contributed by atoms with Crippen molar-refractivity contribution in [3.05, 3.63) is 0 Å². The van der Waals surface area contributed by atoms with E-state index in [1.165, 1.54) is 0 Å². The van der Waals surface area contributed by atoms with Crippen molar-refractivity contribution < 1.29 is 9.47 Å². The summed E-state index contributed by atoms with van der Waals surface area (Å²) in [5, 5.41) is 0. The van der Waals surface area contributed by atoms with E-state index in [1.54, 1.807) is 0 Å². The van der Waals surface area contributed by atoms with E-state index in [0.717, 1.165) is 38.5 Å². The number of rotatable bonds is 6. The molecule has 102 valence electrons. The van der Waals surface area contributed by atoms with Crippen molar-refractivity contribution >= 4 is 0 Å². The fourth-order valence-corrected chi connectivity index (χ4v) is 2.58. The standard InChI is InChI=1S/C14H29NO2/c1-5-9-12(15)13-16-11(6-2)10-14(7-3,8-4)17-13/h11-13H,5-10,15H2,1-4H3. The molecule has 1 fully saturated rings. The Balaban J connectivity index is 2.72. The molecular weight excluding hydrogens is 214 g/mol. The molecule has 0 saturated carbocycles. The van der Waals surface area contributed by atoms with Gasteiger partial charge >= 0.3 is 0 Å². The maximum absolute atomic E-state index is 6.17. The summed E-state index contributed by atoms with van der Waals surface area (Å²) in [5.41, 5.74) is 6.14. The van der Waals surface area contributed by atoms with Crippen molar-refractivity contribution in [1.82, 2.24) is 0 Å². The summed E-state index contributed by atoms with van der Waals surface area (Å²) >= 11 is 0. The van der Waals surface area contributed by atoms with E-state index >= 15 is 0 Å². The van der Waals surface area contributed by atoms with Gasteiger partial charge in [-0.25, -0.2) is 0 Å². The van der Waals surface area contributed by atoms with E-state index in [-0.39, 0.29) is 17.9 Å². The summed E-state index contributed by atoms with van der Waals surface area (Å²) in [6, 6.07) is 0.00632. The highest BCUT2D eigenvalue weighted by Gasteiger charge is 2.40. The van der Waals surface area contributed by atoms with E-state index in [0.29, 0.717) is 6.10 Å². The van der Waals surface area contributed by atoms with Crippen LogP contribution in [0.25, 0.3) is 0 Å². The van der Waals surface area contributed by atoms with Gasteiger partial charge in [0.15, 0.2) is 6.29 Å². The number of hydrogen-bond acceptors (Lipinski definition) is 3. The van der Waals surface area contributed by atoms with Crippen molar-refractivity contribution in [3.63, 3.8) is 0 Å². The summed E-state index contributed by atoms with van der Waals surface area (Å²) in [6.07, 6.45) is 6.26. The molecule has 1 aliphatic heterocycles. The second-order valence-electron chi connectivity index (χ2n) is 5.20. The molecule has 0 bridgehead atoms. The lowest BCUT2D eigenvalue weighted by Crippen LogP contribution is -2.53. The van der Waals surface area contributed by atoms with E-state index in [4.69, 9.17) is 15.2 Å². The van der Waals surface area contributed by atoms with Crippen LogP contribution in [0.15, 0.2) is 0 Å². The molecule has 1 heterocycles. The Morgan fingerprint density at radius 1 is 1.24 bits per heavy atom. The van der Waals surface area contributed by atoms with E-state index in [1.807, 2.05) is 0 Å². The smallest absolute Gasteiger partial charge is 0.173 e. The van der Waals surface area contributed by atoms with Crippen LogP contribution in [0, 0.1) is 0 Å². The topological polar surface area (TPSA) is 44.5 Å². The molecule has 17 heavy (non-hydrogen) atoms. The van der Waals surface area contributed by atoms with Crippen LogP contribution in [0.3, 0.4) is 0 Å². The van der Waals surface area contributed by atoms with Crippen LogP contribution >= 0.6 is 0 Å². The first-order valence-electron chi connectivity index (χ1n) is 7.19. The summed E-state index contributed by atoms with van der Waals surface area (Å²) in [6.45, 7) is 8.72. The lowest BCUT2D eigenvalue weighted by molar-refractivity contribution is -0.291. The Hall–Kier alpha value is -0.120. The van der Waals surface area contributed by atoms with Gasteiger partial charge in [-0.15, -0.1) is 0 Å². The first-order chi connectivity index (χ1) is 8.10. The molecule has 1 rings (SSSR count). The molecule has 0 aliphatic carbocycles. The zero-order valence-corrected chi connectivity index (χ0v) is 11.9. The van der Waals surface area contributed by atoms with Crippen molar-refractivity contribution in [2.24, 2.45) is 5.73 Å². The molecule has 0 aromatic carbocycles. The molecule has 3 unspecified atom stereocenters. The van der Waals surface area contributed by atoms with Crippen molar-refractivity contribution in [3.8, 4) is 0 Å². The van der Waals surface area contributed by atoms with Gasteiger partial charge in [0.2, 0.25) is 0 Å². The molecule has 0 amide bonds. The first kappa shape index (κ1) is 14.9. The Kier molecular flexibility index (Phi) is 5.90. The molecule has 2 N–H and O–H groups in total. The molecular formula is C14H29NO2. The monoisotopic (exact) mass is 243 g/mol. The quantitative estimate of drug-likeness (QED) is 0.779. The van der Waals surface area contributed by atoms with E-state index in [2.05, 4.69) is 27.7 Å². The summed E-state index contributed by atoms with van der Waals surface area (Å²) in [4.78, 5) is 0. The van der Waals surface area contributed by atoms with E-state index < -0.39 is 0 Å². The molecule has 0 spiro atoms. The Morgan fingerprint density at radius 3 is 2.35 bits per heavy atom. The average Bonchev–Trinajstić information content (AvgIpc) is 2.38. The second-order valence-corrected chi connectivity index (χ2v) is 5.20. The third kappa shape index (κ3) is 3.67. The van der Waals surface area contributed by atoms with Crippen LogP contribution in [0.2, 0.25) is 0 Å². The van der Waals surface area contributed by atoms with Gasteiger partial charge < -0.3 is 15.2 Å².